The highest BCUT2D eigenvalue weighted by Crippen LogP contribution is 2.20. The van der Waals surface area contributed by atoms with Gasteiger partial charge in [0.15, 0.2) is 0 Å². The summed E-state index contributed by atoms with van der Waals surface area (Å²) < 4.78 is 2.48. The summed E-state index contributed by atoms with van der Waals surface area (Å²) in [4.78, 5) is 21.1. The van der Waals surface area contributed by atoms with Crippen molar-refractivity contribution in [3.8, 4) is 0 Å². The molecule has 14 heavy (non-hydrogen) atoms. The Morgan fingerprint density at radius 1 is 1.57 bits per heavy atom. The molecule has 74 valence electrons. The molecule has 1 aromatic rings. The van der Waals surface area contributed by atoms with Crippen LogP contribution >= 0.6 is 11.9 Å². The Kier molecular flexibility index (Phi) is 3.47. The Labute approximate surface area is 84.8 Å². The molecule has 0 saturated carbocycles. The smallest absolute Gasteiger partial charge is 0.270 e. The summed E-state index contributed by atoms with van der Waals surface area (Å²) in [6, 6.07) is 6.06. The van der Waals surface area contributed by atoms with Gasteiger partial charge in [0.2, 0.25) is 5.91 Å². The van der Waals surface area contributed by atoms with Crippen LogP contribution in [0.4, 0.5) is 5.69 Å². The van der Waals surface area contributed by atoms with Crippen LogP contribution in [-0.4, -0.2) is 10.8 Å². The number of carbonyl (C=O) groups is 1. The number of nitro benzene ring substituents is 1. The Hall–Kier alpha value is -1.56. The Balaban J connectivity index is 2.73. The number of carbonyl (C=O) groups excluding carboxylic acids is 1. The van der Waals surface area contributed by atoms with E-state index in [1.807, 2.05) is 0 Å². The average molecular weight is 212 g/mol. The van der Waals surface area contributed by atoms with Crippen molar-refractivity contribution in [1.29, 1.82) is 0 Å². The molecule has 5 nitrogen and oxygen atoms in total. The zero-order valence-electron chi connectivity index (χ0n) is 7.39. The molecule has 0 aliphatic carbocycles. The molecule has 0 aliphatic heterocycles. The van der Waals surface area contributed by atoms with E-state index in [1.54, 1.807) is 12.1 Å². The van der Waals surface area contributed by atoms with Crippen LogP contribution in [0, 0.1) is 10.1 Å². The summed E-state index contributed by atoms with van der Waals surface area (Å²) in [5.41, 5.74) is 0.0142. The third kappa shape index (κ3) is 3.06. The maximum absolute atomic E-state index is 10.6. The van der Waals surface area contributed by atoms with E-state index in [1.165, 1.54) is 19.1 Å². The topological polar surface area (TPSA) is 72.2 Å². The first-order chi connectivity index (χ1) is 6.59. The molecule has 1 amide bonds. The van der Waals surface area contributed by atoms with Gasteiger partial charge in [0.1, 0.15) is 0 Å². The zero-order chi connectivity index (χ0) is 10.6. The number of hydrogen-bond donors (Lipinski definition) is 1. The largest absolute Gasteiger partial charge is 0.296 e. The Morgan fingerprint density at radius 3 is 2.86 bits per heavy atom. The number of nitrogens with one attached hydrogen (secondary N) is 1. The van der Waals surface area contributed by atoms with E-state index in [-0.39, 0.29) is 11.6 Å². The molecule has 0 atom stereocenters. The number of nitrogens with zero attached hydrogens (tertiary/aromatic N) is 1. The molecular weight excluding hydrogens is 204 g/mol. The van der Waals surface area contributed by atoms with Crippen molar-refractivity contribution in [2.45, 2.75) is 11.8 Å². The van der Waals surface area contributed by atoms with Crippen molar-refractivity contribution < 1.29 is 9.72 Å². The Bertz CT molecular complexity index is 367. The highest BCUT2D eigenvalue weighted by molar-refractivity contribution is 7.98. The molecule has 1 rings (SSSR count). The number of amides is 1. The van der Waals surface area contributed by atoms with Crippen molar-refractivity contribution in [2.75, 3.05) is 0 Å². The summed E-state index contributed by atoms with van der Waals surface area (Å²) >= 11 is 1.06. The molecule has 1 aromatic carbocycles. The Morgan fingerprint density at radius 2 is 2.29 bits per heavy atom. The van der Waals surface area contributed by atoms with Crippen molar-refractivity contribution in [1.82, 2.24) is 4.72 Å². The van der Waals surface area contributed by atoms with Crippen LogP contribution in [0.15, 0.2) is 29.2 Å². The molecule has 0 aromatic heterocycles. The number of non-ortho nitro benzene ring substituents is 1. The lowest BCUT2D eigenvalue weighted by atomic mass is 10.3. The average Bonchev–Trinajstić information content (AvgIpc) is 2.15. The highest BCUT2D eigenvalue weighted by Gasteiger charge is 2.05. The van der Waals surface area contributed by atoms with Gasteiger partial charge in [-0.15, -0.1) is 0 Å². The molecule has 1 N–H and O–H groups in total. The van der Waals surface area contributed by atoms with Crippen molar-refractivity contribution in [2.24, 2.45) is 0 Å². The van der Waals surface area contributed by atoms with Gasteiger partial charge in [-0.3, -0.25) is 19.6 Å². The van der Waals surface area contributed by atoms with Gasteiger partial charge in [0.25, 0.3) is 5.69 Å². The first-order valence-electron chi connectivity index (χ1n) is 3.77. The summed E-state index contributed by atoms with van der Waals surface area (Å²) in [6.45, 7) is 1.38. The minimum absolute atomic E-state index is 0.0142. The second kappa shape index (κ2) is 4.61. The number of benzene rings is 1. The van der Waals surface area contributed by atoms with Gasteiger partial charge in [-0.2, -0.15) is 0 Å². The molecule has 0 saturated heterocycles. The zero-order valence-corrected chi connectivity index (χ0v) is 8.21. The second-order valence-electron chi connectivity index (χ2n) is 2.51. The highest BCUT2D eigenvalue weighted by atomic mass is 32.2. The van der Waals surface area contributed by atoms with Crippen LogP contribution < -0.4 is 4.72 Å². The van der Waals surface area contributed by atoms with Crippen molar-refractivity contribution in [3.63, 3.8) is 0 Å². The molecule has 0 unspecified atom stereocenters. The summed E-state index contributed by atoms with van der Waals surface area (Å²) in [5.74, 6) is -0.193. The van der Waals surface area contributed by atoms with Crippen LogP contribution in [0.5, 0.6) is 0 Å². The minimum atomic E-state index is -0.474. The fourth-order valence-corrected chi connectivity index (χ4v) is 1.38. The third-order valence-corrected chi connectivity index (χ3v) is 2.22. The van der Waals surface area contributed by atoms with Crippen LogP contribution in [0.25, 0.3) is 0 Å². The van der Waals surface area contributed by atoms with Crippen molar-refractivity contribution >= 4 is 23.5 Å². The molecule has 0 radical (unpaired) electrons. The lowest BCUT2D eigenvalue weighted by Crippen LogP contribution is -2.09. The SMILES string of the molecule is CC(=O)NSc1cccc([N+](=O)[O-])c1. The van der Waals surface area contributed by atoms with Crippen LogP contribution in [0.2, 0.25) is 0 Å². The monoisotopic (exact) mass is 212 g/mol. The van der Waals surface area contributed by atoms with E-state index < -0.39 is 4.92 Å². The molecule has 6 heteroatoms. The van der Waals surface area contributed by atoms with E-state index in [2.05, 4.69) is 4.72 Å². The van der Waals surface area contributed by atoms with Crippen LogP contribution in [-0.2, 0) is 4.79 Å². The van der Waals surface area contributed by atoms with Gasteiger partial charge in [0, 0.05) is 24.0 Å². The third-order valence-electron chi connectivity index (χ3n) is 1.34. The quantitative estimate of drug-likeness (QED) is 0.470. The molecule has 0 heterocycles. The molecule has 0 aliphatic rings. The number of hydrogen-bond acceptors (Lipinski definition) is 4. The van der Waals surface area contributed by atoms with E-state index >= 15 is 0 Å². The van der Waals surface area contributed by atoms with Crippen LogP contribution in [0.1, 0.15) is 6.92 Å². The fraction of sp³-hybridized carbons (Fsp3) is 0.125. The van der Waals surface area contributed by atoms with E-state index in [4.69, 9.17) is 0 Å². The summed E-state index contributed by atoms with van der Waals surface area (Å²) in [6.07, 6.45) is 0. The fourth-order valence-electron chi connectivity index (χ4n) is 0.791. The molecule has 0 spiro atoms. The normalized spacial score (nSPS) is 9.50. The summed E-state index contributed by atoms with van der Waals surface area (Å²) in [7, 11) is 0. The van der Waals surface area contributed by atoms with Crippen molar-refractivity contribution in [3.05, 3.63) is 34.4 Å². The first kappa shape index (κ1) is 10.5. The second-order valence-corrected chi connectivity index (χ2v) is 3.39. The van der Waals surface area contributed by atoms with Gasteiger partial charge in [0.05, 0.1) is 4.92 Å². The lowest BCUT2D eigenvalue weighted by Gasteiger charge is -2.00. The molecule has 0 bridgehead atoms. The van der Waals surface area contributed by atoms with Gasteiger partial charge >= 0.3 is 0 Å². The van der Waals surface area contributed by atoms with E-state index in [0.29, 0.717) is 4.90 Å². The maximum atomic E-state index is 10.6. The molecule has 0 fully saturated rings. The predicted molar refractivity (Wildman–Crippen MR) is 52.8 cm³/mol. The van der Waals surface area contributed by atoms with Gasteiger partial charge < -0.3 is 0 Å². The predicted octanol–water partition coefficient (Wildman–Crippen LogP) is 1.74. The lowest BCUT2D eigenvalue weighted by molar-refractivity contribution is -0.385. The summed E-state index contributed by atoms with van der Waals surface area (Å²) in [5, 5.41) is 10.4. The first-order valence-corrected chi connectivity index (χ1v) is 4.59. The number of rotatable bonds is 3. The standard InChI is InChI=1S/C8H8N2O3S/c1-6(11)9-14-8-4-2-3-7(5-8)10(12)13/h2-5H,1H3,(H,9,11). The van der Waals surface area contributed by atoms with E-state index in [0.717, 1.165) is 11.9 Å². The van der Waals surface area contributed by atoms with Gasteiger partial charge in [-0.25, -0.2) is 0 Å². The van der Waals surface area contributed by atoms with E-state index in [9.17, 15) is 14.9 Å². The minimum Gasteiger partial charge on any atom is -0.296 e. The maximum Gasteiger partial charge on any atom is 0.270 e. The number of nitro groups is 1. The molecular formula is C8H8N2O3S. The van der Waals surface area contributed by atoms with Gasteiger partial charge in [-0.1, -0.05) is 6.07 Å². The van der Waals surface area contributed by atoms with Gasteiger partial charge in [-0.05, 0) is 18.0 Å². The van der Waals surface area contributed by atoms with Crippen LogP contribution in [0.3, 0.4) is 0 Å².